The van der Waals surface area contributed by atoms with Crippen LogP contribution in [0.4, 0.5) is 0 Å². The molecule has 36 valence electrons. The van der Waals surface area contributed by atoms with Crippen molar-refractivity contribution in [2.24, 2.45) is 0 Å². The first-order valence-electron chi connectivity index (χ1n) is 2.31. The van der Waals surface area contributed by atoms with Crippen LogP contribution in [0.5, 0.6) is 0 Å². The van der Waals surface area contributed by atoms with Crippen LogP contribution < -0.4 is 4.98 Å². The third kappa shape index (κ3) is 0.799. The van der Waals surface area contributed by atoms with E-state index in [-0.39, 0.29) is 0 Å². The molecular weight excluding hydrogens is 94.1 g/mol. The van der Waals surface area contributed by atoms with Gasteiger partial charge in [0.2, 0.25) is 9.20 Å². The highest BCUT2D eigenvalue weighted by atomic mass is 28.3. The highest BCUT2D eigenvalue weighted by Gasteiger charge is 2.10. The predicted octanol–water partition coefficient (Wildman–Crippen LogP) is -0.808. The van der Waals surface area contributed by atoms with Crippen LogP contribution in [-0.4, -0.2) is 20.5 Å². The molecule has 1 saturated heterocycles. The zero-order chi connectivity index (χ0) is 4.41. The molecule has 0 aromatic rings. The number of nitrogens with one attached hydrogen (secondary N) is 1. The van der Waals surface area contributed by atoms with Crippen molar-refractivity contribution in [3.8, 4) is 0 Å². The molecule has 6 heavy (non-hydrogen) atoms. The van der Waals surface area contributed by atoms with Crippen molar-refractivity contribution in [3.63, 3.8) is 0 Å². The highest BCUT2D eigenvalue weighted by molar-refractivity contribution is 6.48. The van der Waals surface area contributed by atoms with E-state index in [2.05, 4.69) is 4.98 Å². The summed E-state index contributed by atoms with van der Waals surface area (Å²) in [5.41, 5.74) is 0. The molecule has 1 fully saturated rings. The van der Waals surface area contributed by atoms with E-state index in [1.54, 1.807) is 0 Å². The molecule has 0 aromatic carbocycles. The van der Waals surface area contributed by atoms with Gasteiger partial charge in [0.1, 0.15) is 0 Å². The Kier molecular flexibility index (Phi) is 1.24. The smallest absolute Gasteiger partial charge is 0.249 e. The van der Waals surface area contributed by atoms with Crippen LogP contribution in [0.15, 0.2) is 0 Å². The van der Waals surface area contributed by atoms with E-state index < -0.39 is 9.20 Å². The van der Waals surface area contributed by atoms with E-state index in [9.17, 15) is 0 Å². The second-order valence-corrected chi connectivity index (χ2v) is 3.63. The van der Waals surface area contributed by atoms with Crippen LogP contribution in [0, 0.1) is 0 Å². The van der Waals surface area contributed by atoms with E-state index in [4.69, 9.17) is 4.80 Å². The first-order chi connectivity index (χ1) is 2.89. The molecule has 2 nitrogen and oxygen atoms in total. The SMILES string of the molecule is O[SiH]1CCCN1. The number of rotatable bonds is 0. The molecule has 1 aliphatic rings. The Morgan fingerprint density at radius 3 is 2.67 bits per heavy atom. The van der Waals surface area contributed by atoms with Crippen molar-refractivity contribution in [1.29, 1.82) is 0 Å². The summed E-state index contributed by atoms with van der Waals surface area (Å²) in [7, 11) is -1.30. The van der Waals surface area contributed by atoms with Gasteiger partial charge in [-0.3, -0.25) is 0 Å². The molecule has 0 amide bonds. The largest absolute Gasteiger partial charge is 0.421 e. The monoisotopic (exact) mass is 103 g/mol. The summed E-state index contributed by atoms with van der Waals surface area (Å²) in [6.45, 7) is 1.05. The van der Waals surface area contributed by atoms with Gasteiger partial charge in [0, 0.05) is 0 Å². The first-order valence-corrected chi connectivity index (χ1v) is 4.22. The Labute approximate surface area is 39.0 Å². The lowest BCUT2D eigenvalue weighted by Crippen LogP contribution is -2.25. The predicted molar refractivity (Wildman–Crippen MR) is 26.8 cm³/mol. The maximum absolute atomic E-state index is 8.76. The summed E-state index contributed by atoms with van der Waals surface area (Å²) in [5, 5.41) is 0. The molecule has 0 bridgehead atoms. The van der Waals surface area contributed by atoms with Gasteiger partial charge in [-0.15, -0.1) is 0 Å². The Balaban J connectivity index is 2.18. The molecule has 1 unspecified atom stereocenters. The van der Waals surface area contributed by atoms with Gasteiger partial charge in [-0.25, -0.2) is 0 Å². The number of hydrogen-bond acceptors (Lipinski definition) is 2. The first kappa shape index (κ1) is 4.30. The van der Waals surface area contributed by atoms with Crippen molar-refractivity contribution in [2.45, 2.75) is 12.5 Å². The molecule has 3 heteroatoms. The van der Waals surface area contributed by atoms with Crippen LogP contribution in [-0.2, 0) is 0 Å². The molecule has 2 N–H and O–H groups in total. The molecular formula is C3H9NOSi. The molecule has 0 aromatic heterocycles. The Bertz CT molecular complexity index is 44.1. The van der Waals surface area contributed by atoms with Gasteiger partial charge < -0.3 is 9.78 Å². The minimum atomic E-state index is -1.30. The minimum Gasteiger partial charge on any atom is -0.421 e. The Morgan fingerprint density at radius 2 is 2.50 bits per heavy atom. The lowest BCUT2D eigenvalue weighted by molar-refractivity contribution is 0.564. The minimum absolute atomic E-state index is 1.05. The Hall–Kier alpha value is 0.137. The maximum Gasteiger partial charge on any atom is 0.249 e. The van der Waals surface area contributed by atoms with Crippen LogP contribution in [0.3, 0.4) is 0 Å². The van der Waals surface area contributed by atoms with Gasteiger partial charge in [0.05, 0.1) is 0 Å². The van der Waals surface area contributed by atoms with E-state index in [1.807, 2.05) is 0 Å². The van der Waals surface area contributed by atoms with Gasteiger partial charge in [-0.2, -0.15) is 0 Å². The van der Waals surface area contributed by atoms with Crippen molar-refractivity contribution >= 4 is 9.20 Å². The topological polar surface area (TPSA) is 32.3 Å². The van der Waals surface area contributed by atoms with Crippen molar-refractivity contribution < 1.29 is 4.80 Å². The van der Waals surface area contributed by atoms with Gasteiger partial charge in [0.15, 0.2) is 0 Å². The fourth-order valence-electron chi connectivity index (χ4n) is 0.666. The Morgan fingerprint density at radius 1 is 1.67 bits per heavy atom. The highest BCUT2D eigenvalue weighted by Crippen LogP contribution is 1.97. The molecule has 1 atom stereocenters. The zero-order valence-electron chi connectivity index (χ0n) is 3.65. The van der Waals surface area contributed by atoms with Crippen LogP contribution >= 0.6 is 0 Å². The second-order valence-electron chi connectivity index (χ2n) is 1.61. The van der Waals surface area contributed by atoms with Gasteiger partial charge in [0.25, 0.3) is 0 Å². The molecule has 1 heterocycles. The molecule has 1 aliphatic heterocycles. The van der Waals surface area contributed by atoms with E-state index in [0.717, 1.165) is 12.6 Å². The average molecular weight is 103 g/mol. The van der Waals surface area contributed by atoms with Crippen LogP contribution in [0.2, 0.25) is 6.04 Å². The summed E-state index contributed by atoms with van der Waals surface area (Å²) in [6.07, 6.45) is 1.19. The van der Waals surface area contributed by atoms with Crippen molar-refractivity contribution in [2.75, 3.05) is 6.54 Å². The summed E-state index contributed by atoms with van der Waals surface area (Å²) in [5.74, 6) is 0. The van der Waals surface area contributed by atoms with Crippen LogP contribution in [0.25, 0.3) is 0 Å². The molecule has 0 spiro atoms. The van der Waals surface area contributed by atoms with Gasteiger partial charge in [-0.1, -0.05) is 0 Å². The maximum atomic E-state index is 8.76. The van der Waals surface area contributed by atoms with Crippen molar-refractivity contribution in [1.82, 2.24) is 4.98 Å². The third-order valence-electron chi connectivity index (χ3n) is 1.03. The summed E-state index contributed by atoms with van der Waals surface area (Å²) < 4.78 is 0. The molecule has 0 saturated carbocycles. The zero-order valence-corrected chi connectivity index (χ0v) is 4.80. The summed E-state index contributed by atoms with van der Waals surface area (Å²) in [4.78, 5) is 11.8. The van der Waals surface area contributed by atoms with Gasteiger partial charge in [-0.05, 0) is 19.0 Å². The van der Waals surface area contributed by atoms with E-state index >= 15 is 0 Å². The normalized spacial score (nSPS) is 34.5. The molecule has 1 rings (SSSR count). The summed E-state index contributed by atoms with van der Waals surface area (Å²) >= 11 is 0. The average Bonchev–Trinajstić information content (AvgIpc) is 1.86. The lowest BCUT2D eigenvalue weighted by Gasteiger charge is -1.90. The fourth-order valence-corrected chi connectivity index (χ4v) is 2.00. The fraction of sp³-hybridized carbons (Fsp3) is 1.00. The lowest BCUT2D eigenvalue weighted by atomic mass is 10.5. The van der Waals surface area contributed by atoms with E-state index in [0.29, 0.717) is 0 Å². The quantitative estimate of drug-likeness (QED) is 0.393. The molecule has 0 aliphatic carbocycles. The standard InChI is InChI=1S/C3H9NOSi/c5-6-3-1-2-4-6/h4-6H,1-3H2. The second kappa shape index (κ2) is 1.73. The van der Waals surface area contributed by atoms with E-state index in [1.165, 1.54) is 6.42 Å². The summed E-state index contributed by atoms with van der Waals surface area (Å²) in [6, 6.07) is 1.07. The third-order valence-corrected chi connectivity index (χ3v) is 2.75. The number of hydrogen-bond donors (Lipinski definition) is 2. The van der Waals surface area contributed by atoms with Gasteiger partial charge >= 0.3 is 0 Å². The van der Waals surface area contributed by atoms with Crippen molar-refractivity contribution in [3.05, 3.63) is 0 Å². The molecule has 0 radical (unpaired) electrons. The van der Waals surface area contributed by atoms with Crippen LogP contribution in [0.1, 0.15) is 6.42 Å².